The molecule has 0 unspecified atom stereocenters. The number of nitrogens with one attached hydrogen (secondary N) is 3. The van der Waals surface area contributed by atoms with Gasteiger partial charge in [0.05, 0.1) is 6.21 Å². The van der Waals surface area contributed by atoms with Crippen LogP contribution in [-0.2, 0) is 20.9 Å². The fourth-order valence-electron chi connectivity index (χ4n) is 2.90. The number of carbonyl (C=O) groups excluding carboxylic acids is 3. The van der Waals surface area contributed by atoms with Crippen LogP contribution in [0.3, 0.4) is 0 Å². The lowest BCUT2D eigenvalue weighted by Crippen LogP contribution is -2.32. The van der Waals surface area contributed by atoms with E-state index in [1.807, 2.05) is 50.2 Å². The molecule has 0 heterocycles. The highest BCUT2D eigenvalue weighted by molar-refractivity contribution is 6.39. The zero-order chi connectivity index (χ0) is 24.3. The number of carbonyl (C=O) groups is 3. The van der Waals surface area contributed by atoms with Crippen molar-refractivity contribution in [3.8, 4) is 5.75 Å². The van der Waals surface area contributed by atoms with E-state index in [-0.39, 0.29) is 12.5 Å². The van der Waals surface area contributed by atoms with E-state index in [0.717, 1.165) is 16.7 Å². The summed E-state index contributed by atoms with van der Waals surface area (Å²) in [6.07, 6.45) is 1.38. The molecule has 0 saturated carbocycles. The molecule has 174 valence electrons. The van der Waals surface area contributed by atoms with Crippen LogP contribution in [0.1, 0.15) is 22.3 Å². The maximum Gasteiger partial charge on any atom is 0.329 e. The molecule has 3 aromatic carbocycles. The van der Waals surface area contributed by atoms with Crippen LogP contribution < -0.4 is 20.8 Å². The van der Waals surface area contributed by atoms with Gasteiger partial charge in [0.1, 0.15) is 5.75 Å². The number of anilines is 1. The lowest BCUT2D eigenvalue weighted by Gasteiger charge is -2.08. The van der Waals surface area contributed by atoms with Crippen LogP contribution in [0.2, 0.25) is 0 Å². The normalized spacial score (nSPS) is 10.5. The molecule has 0 saturated heterocycles. The first-order valence-electron chi connectivity index (χ1n) is 10.7. The topological polar surface area (TPSA) is 109 Å². The first kappa shape index (κ1) is 24.2. The summed E-state index contributed by atoms with van der Waals surface area (Å²) < 4.78 is 5.52. The summed E-state index contributed by atoms with van der Waals surface area (Å²) in [7, 11) is 0. The van der Waals surface area contributed by atoms with Gasteiger partial charge >= 0.3 is 11.8 Å². The van der Waals surface area contributed by atoms with Crippen molar-refractivity contribution in [2.75, 3.05) is 11.9 Å². The monoisotopic (exact) mass is 458 g/mol. The Morgan fingerprint density at radius 2 is 1.68 bits per heavy atom. The van der Waals surface area contributed by atoms with Crippen LogP contribution in [0.4, 0.5) is 5.69 Å². The Bertz CT molecular complexity index is 1190. The second-order valence-corrected chi connectivity index (χ2v) is 7.58. The third-order valence-corrected chi connectivity index (χ3v) is 4.91. The third-order valence-electron chi connectivity index (χ3n) is 4.91. The van der Waals surface area contributed by atoms with Gasteiger partial charge in [-0.15, -0.1) is 0 Å². The van der Waals surface area contributed by atoms with Crippen LogP contribution in [0.15, 0.2) is 77.9 Å². The third kappa shape index (κ3) is 7.59. The molecule has 0 atom stereocenters. The molecule has 0 aliphatic heterocycles. The van der Waals surface area contributed by atoms with Crippen molar-refractivity contribution in [3.63, 3.8) is 0 Å². The van der Waals surface area contributed by atoms with Crippen LogP contribution in [0.25, 0.3) is 0 Å². The molecule has 0 bridgehead atoms. The number of hydrogen-bond acceptors (Lipinski definition) is 5. The van der Waals surface area contributed by atoms with Gasteiger partial charge in [-0.1, -0.05) is 48.5 Å². The van der Waals surface area contributed by atoms with E-state index in [1.54, 1.807) is 36.4 Å². The molecule has 8 nitrogen and oxygen atoms in total. The maximum absolute atomic E-state index is 12.0. The van der Waals surface area contributed by atoms with Gasteiger partial charge in [0.15, 0.2) is 6.61 Å². The van der Waals surface area contributed by atoms with Crippen molar-refractivity contribution in [2.45, 2.75) is 20.4 Å². The Morgan fingerprint density at radius 3 is 2.44 bits per heavy atom. The summed E-state index contributed by atoms with van der Waals surface area (Å²) in [6, 6.07) is 21.8. The fourth-order valence-corrected chi connectivity index (χ4v) is 2.90. The summed E-state index contributed by atoms with van der Waals surface area (Å²) in [4.78, 5) is 36.0. The molecule has 0 aliphatic carbocycles. The second kappa shape index (κ2) is 12.0. The Morgan fingerprint density at radius 1 is 0.882 bits per heavy atom. The molecular formula is C26H26N4O4. The van der Waals surface area contributed by atoms with Crippen LogP contribution in [0.5, 0.6) is 5.75 Å². The highest BCUT2D eigenvalue weighted by Crippen LogP contribution is 2.14. The minimum absolute atomic E-state index is 0.136. The van der Waals surface area contributed by atoms with E-state index in [2.05, 4.69) is 21.2 Å². The summed E-state index contributed by atoms with van der Waals surface area (Å²) in [5.74, 6) is -1.49. The number of hydrogen-bond donors (Lipinski definition) is 3. The Balaban J connectivity index is 1.45. The van der Waals surface area contributed by atoms with Gasteiger partial charge in [-0.2, -0.15) is 5.10 Å². The van der Waals surface area contributed by atoms with E-state index >= 15 is 0 Å². The smallest absolute Gasteiger partial charge is 0.329 e. The predicted octanol–water partition coefficient (Wildman–Crippen LogP) is 3.09. The highest BCUT2D eigenvalue weighted by Gasteiger charge is 2.13. The van der Waals surface area contributed by atoms with E-state index in [0.29, 0.717) is 23.5 Å². The van der Waals surface area contributed by atoms with Crippen molar-refractivity contribution >= 4 is 29.6 Å². The van der Waals surface area contributed by atoms with Gasteiger partial charge in [-0.3, -0.25) is 14.4 Å². The number of hydrazone groups is 1. The van der Waals surface area contributed by atoms with Crippen molar-refractivity contribution in [1.29, 1.82) is 0 Å². The van der Waals surface area contributed by atoms with Crippen LogP contribution >= 0.6 is 0 Å². The SMILES string of the molecule is Cc1ccc(NC(=O)C(=O)N/N=C\c2cccc(OCC(=O)NCc3ccccc3)c2)cc1C. The Hall–Kier alpha value is -4.46. The number of nitrogens with zero attached hydrogens (tertiary/aromatic N) is 1. The van der Waals surface area contributed by atoms with Gasteiger partial charge in [0, 0.05) is 12.2 Å². The molecule has 34 heavy (non-hydrogen) atoms. The quantitative estimate of drug-likeness (QED) is 0.274. The zero-order valence-electron chi connectivity index (χ0n) is 19.0. The number of rotatable bonds is 8. The molecule has 0 spiro atoms. The van der Waals surface area contributed by atoms with Crippen molar-refractivity contribution in [2.24, 2.45) is 5.10 Å². The molecule has 0 radical (unpaired) electrons. The lowest BCUT2D eigenvalue weighted by atomic mass is 10.1. The summed E-state index contributed by atoms with van der Waals surface area (Å²) >= 11 is 0. The average molecular weight is 459 g/mol. The Kier molecular flexibility index (Phi) is 8.51. The highest BCUT2D eigenvalue weighted by atomic mass is 16.5. The zero-order valence-corrected chi connectivity index (χ0v) is 19.0. The van der Waals surface area contributed by atoms with Crippen molar-refractivity contribution in [3.05, 3.63) is 95.1 Å². The molecule has 0 aromatic heterocycles. The molecule has 3 rings (SSSR count). The second-order valence-electron chi connectivity index (χ2n) is 7.58. The van der Waals surface area contributed by atoms with Gasteiger partial charge in [0.2, 0.25) is 0 Å². The maximum atomic E-state index is 12.0. The molecule has 8 heteroatoms. The number of amides is 3. The largest absolute Gasteiger partial charge is 0.484 e. The van der Waals surface area contributed by atoms with E-state index in [4.69, 9.17) is 4.74 Å². The number of benzene rings is 3. The van der Waals surface area contributed by atoms with E-state index in [1.165, 1.54) is 6.21 Å². The van der Waals surface area contributed by atoms with Gasteiger partial charge in [-0.05, 0) is 60.4 Å². The first-order chi connectivity index (χ1) is 16.4. The number of ether oxygens (including phenoxy) is 1. The standard InChI is InChI=1S/C26H26N4O4/c1-18-11-12-22(13-19(18)2)29-25(32)26(33)30-28-16-21-9-6-10-23(14-21)34-17-24(31)27-15-20-7-4-3-5-8-20/h3-14,16H,15,17H2,1-2H3,(H,27,31)(H,29,32)(H,30,33)/b28-16-. The fraction of sp³-hybridized carbons (Fsp3) is 0.154. The Labute approximate surface area is 198 Å². The molecule has 3 amide bonds. The molecule has 0 aliphatic rings. The van der Waals surface area contributed by atoms with Crippen LogP contribution in [-0.4, -0.2) is 30.5 Å². The minimum Gasteiger partial charge on any atom is -0.484 e. The van der Waals surface area contributed by atoms with Gasteiger partial charge < -0.3 is 15.4 Å². The van der Waals surface area contributed by atoms with Gasteiger partial charge in [0.25, 0.3) is 5.91 Å². The average Bonchev–Trinajstić information content (AvgIpc) is 2.84. The lowest BCUT2D eigenvalue weighted by molar-refractivity contribution is -0.136. The molecule has 0 fully saturated rings. The van der Waals surface area contributed by atoms with Gasteiger partial charge in [-0.25, -0.2) is 5.43 Å². The first-order valence-corrected chi connectivity index (χ1v) is 10.7. The molecular weight excluding hydrogens is 432 g/mol. The molecule has 3 aromatic rings. The van der Waals surface area contributed by atoms with Crippen molar-refractivity contribution in [1.82, 2.24) is 10.7 Å². The summed E-state index contributed by atoms with van der Waals surface area (Å²) in [6.45, 7) is 4.17. The van der Waals surface area contributed by atoms with E-state index in [9.17, 15) is 14.4 Å². The summed E-state index contributed by atoms with van der Waals surface area (Å²) in [5, 5.41) is 9.14. The number of aryl methyl sites for hydroxylation is 2. The predicted molar refractivity (Wildman–Crippen MR) is 131 cm³/mol. The van der Waals surface area contributed by atoms with Crippen LogP contribution in [0, 0.1) is 13.8 Å². The summed E-state index contributed by atoms with van der Waals surface area (Å²) in [5.41, 5.74) is 6.44. The van der Waals surface area contributed by atoms with Crippen molar-refractivity contribution < 1.29 is 19.1 Å². The van der Waals surface area contributed by atoms with E-state index < -0.39 is 11.8 Å². The minimum atomic E-state index is -0.892. The molecule has 3 N–H and O–H groups in total.